The molecule has 0 unspecified atom stereocenters. The molecule has 0 aromatic heterocycles. The Morgan fingerprint density at radius 3 is 2.39 bits per heavy atom. The van der Waals surface area contributed by atoms with E-state index in [1.807, 2.05) is 4.90 Å². The second-order valence-electron chi connectivity index (χ2n) is 7.75. The lowest BCUT2D eigenvalue weighted by Crippen LogP contribution is -2.59. The largest absolute Gasteiger partial charge is 0.465 e. The molecular formula is C23H26FN3O4. The Kier molecular flexibility index (Phi) is 6.48. The highest BCUT2D eigenvalue weighted by Crippen LogP contribution is 2.22. The number of esters is 1. The van der Waals surface area contributed by atoms with Crippen LogP contribution in [-0.2, 0) is 16.0 Å². The second-order valence-corrected chi connectivity index (χ2v) is 7.75. The van der Waals surface area contributed by atoms with Gasteiger partial charge in [-0.15, -0.1) is 0 Å². The molecule has 7 nitrogen and oxygen atoms in total. The molecular weight excluding hydrogens is 401 g/mol. The minimum Gasteiger partial charge on any atom is -0.465 e. The van der Waals surface area contributed by atoms with Gasteiger partial charge in [0.1, 0.15) is 5.82 Å². The van der Waals surface area contributed by atoms with Crippen molar-refractivity contribution in [3.05, 3.63) is 65.5 Å². The first-order valence-corrected chi connectivity index (χ1v) is 10.4. The zero-order valence-corrected chi connectivity index (χ0v) is 17.5. The molecule has 0 radical (unpaired) electrons. The number of hydrogen-bond donors (Lipinski definition) is 0. The van der Waals surface area contributed by atoms with Crippen LogP contribution in [0.15, 0.2) is 48.5 Å². The molecule has 8 heteroatoms. The van der Waals surface area contributed by atoms with Crippen molar-refractivity contribution in [2.75, 3.05) is 51.4 Å². The van der Waals surface area contributed by atoms with Crippen molar-refractivity contribution >= 4 is 17.7 Å². The van der Waals surface area contributed by atoms with Crippen LogP contribution in [0.2, 0.25) is 0 Å². The average Bonchev–Trinajstić information content (AvgIpc) is 2.76. The van der Waals surface area contributed by atoms with Crippen LogP contribution in [0.25, 0.3) is 0 Å². The van der Waals surface area contributed by atoms with Crippen LogP contribution in [-0.4, -0.2) is 74.3 Å². The lowest BCUT2D eigenvalue weighted by atomic mass is 10.1. The Labute approximate surface area is 180 Å². The SMILES string of the molecule is COC(=O)c1ccc(CN(C(=O)N2CCN(C3COC3)CC2)c2cccc(F)c2)cc1. The molecule has 4 rings (SSSR count). The maximum atomic E-state index is 13.9. The third-order valence-corrected chi connectivity index (χ3v) is 5.79. The van der Waals surface area contributed by atoms with Crippen molar-refractivity contribution in [1.29, 1.82) is 0 Å². The van der Waals surface area contributed by atoms with Gasteiger partial charge in [0.25, 0.3) is 0 Å². The number of urea groups is 1. The van der Waals surface area contributed by atoms with E-state index in [0.29, 0.717) is 30.4 Å². The van der Waals surface area contributed by atoms with Crippen molar-refractivity contribution in [3.8, 4) is 0 Å². The van der Waals surface area contributed by atoms with E-state index in [1.165, 1.54) is 19.2 Å². The molecule has 2 amide bonds. The van der Waals surface area contributed by atoms with Crippen LogP contribution >= 0.6 is 0 Å². The molecule has 2 aliphatic rings. The topological polar surface area (TPSA) is 62.3 Å². The normalized spacial score (nSPS) is 17.2. The number of carbonyl (C=O) groups excluding carboxylic acids is 2. The van der Waals surface area contributed by atoms with Gasteiger partial charge in [0.2, 0.25) is 0 Å². The van der Waals surface area contributed by atoms with E-state index >= 15 is 0 Å². The van der Waals surface area contributed by atoms with Crippen LogP contribution in [0.3, 0.4) is 0 Å². The van der Waals surface area contributed by atoms with E-state index < -0.39 is 11.8 Å². The van der Waals surface area contributed by atoms with Gasteiger partial charge in [-0.2, -0.15) is 0 Å². The number of rotatable bonds is 5. The Morgan fingerprint density at radius 1 is 1.10 bits per heavy atom. The summed E-state index contributed by atoms with van der Waals surface area (Å²) in [5.41, 5.74) is 1.76. The number of piperazine rings is 1. The van der Waals surface area contributed by atoms with Gasteiger partial charge in [-0.05, 0) is 35.9 Å². The van der Waals surface area contributed by atoms with E-state index in [1.54, 1.807) is 41.3 Å². The number of benzene rings is 2. The Bertz CT molecular complexity index is 925. The highest BCUT2D eigenvalue weighted by atomic mass is 19.1. The number of nitrogens with zero attached hydrogens (tertiary/aromatic N) is 3. The molecule has 2 heterocycles. The van der Waals surface area contributed by atoms with E-state index in [2.05, 4.69) is 4.90 Å². The molecule has 0 spiro atoms. The molecule has 0 atom stereocenters. The fourth-order valence-corrected chi connectivity index (χ4v) is 3.84. The maximum absolute atomic E-state index is 13.9. The van der Waals surface area contributed by atoms with Crippen molar-refractivity contribution in [2.24, 2.45) is 0 Å². The fourth-order valence-electron chi connectivity index (χ4n) is 3.84. The van der Waals surface area contributed by atoms with E-state index in [9.17, 15) is 14.0 Å². The van der Waals surface area contributed by atoms with Crippen LogP contribution in [0, 0.1) is 5.82 Å². The number of halogens is 1. The first-order chi connectivity index (χ1) is 15.0. The standard InChI is InChI=1S/C23H26FN3O4/c1-30-22(28)18-7-5-17(6-8-18)14-27(20-4-2-3-19(24)13-20)23(29)26-11-9-25(10-12-26)21-15-31-16-21/h2-8,13,21H,9-12,14-16H2,1H3. The molecule has 2 aromatic rings. The first-order valence-electron chi connectivity index (χ1n) is 10.4. The molecule has 0 aliphatic carbocycles. The van der Waals surface area contributed by atoms with E-state index in [4.69, 9.17) is 9.47 Å². The summed E-state index contributed by atoms with van der Waals surface area (Å²) in [5.74, 6) is -0.814. The van der Waals surface area contributed by atoms with Crippen molar-refractivity contribution in [3.63, 3.8) is 0 Å². The number of amides is 2. The molecule has 2 saturated heterocycles. The smallest absolute Gasteiger partial charge is 0.337 e. The summed E-state index contributed by atoms with van der Waals surface area (Å²) >= 11 is 0. The summed E-state index contributed by atoms with van der Waals surface area (Å²) in [6.45, 7) is 4.59. The van der Waals surface area contributed by atoms with Gasteiger partial charge in [0, 0.05) is 31.9 Å². The highest BCUT2D eigenvalue weighted by Gasteiger charge is 2.32. The molecule has 164 valence electrons. The van der Waals surface area contributed by atoms with Gasteiger partial charge in [-0.25, -0.2) is 14.0 Å². The highest BCUT2D eigenvalue weighted by molar-refractivity contribution is 5.92. The van der Waals surface area contributed by atoms with Crippen LogP contribution in [0.1, 0.15) is 15.9 Å². The van der Waals surface area contributed by atoms with Crippen molar-refractivity contribution in [2.45, 2.75) is 12.6 Å². The molecule has 31 heavy (non-hydrogen) atoms. The number of ether oxygens (including phenoxy) is 2. The molecule has 0 N–H and O–H groups in total. The predicted octanol–water partition coefficient (Wildman–Crippen LogP) is 2.76. The van der Waals surface area contributed by atoms with Crippen LogP contribution < -0.4 is 4.90 Å². The summed E-state index contributed by atoms with van der Waals surface area (Å²) in [6.07, 6.45) is 0. The first kappa shape index (κ1) is 21.3. The summed E-state index contributed by atoms with van der Waals surface area (Å²) in [7, 11) is 1.33. The zero-order valence-electron chi connectivity index (χ0n) is 17.5. The minimum atomic E-state index is -0.417. The van der Waals surface area contributed by atoms with E-state index in [0.717, 1.165) is 31.9 Å². The van der Waals surface area contributed by atoms with Crippen molar-refractivity contribution < 1.29 is 23.5 Å². The number of hydrogen-bond acceptors (Lipinski definition) is 5. The Balaban J connectivity index is 1.50. The van der Waals surface area contributed by atoms with Gasteiger partial charge < -0.3 is 14.4 Å². The van der Waals surface area contributed by atoms with Gasteiger partial charge in [-0.3, -0.25) is 9.80 Å². The lowest BCUT2D eigenvalue weighted by Gasteiger charge is -2.43. The summed E-state index contributed by atoms with van der Waals surface area (Å²) in [5, 5.41) is 0. The Hall–Kier alpha value is -2.97. The quantitative estimate of drug-likeness (QED) is 0.687. The molecule has 0 bridgehead atoms. The third-order valence-electron chi connectivity index (χ3n) is 5.79. The predicted molar refractivity (Wildman–Crippen MR) is 114 cm³/mol. The molecule has 2 aromatic carbocycles. The maximum Gasteiger partial charge on any atom is 0.337 e. The summed E-state index contributed by atoms with van der Waals surface area (Å²) in [6, 6.07) is 13.2. The lowest BCUT2D eigenvalue weighted by molar-refractivity contribution is -0.0738. The van der Waals surface area contributed by atoms with Gasteiger partial charge in [-0.1, -0.05) is 18.2 Å². The van der Waals surface area contributed by atoms with Gasteiger partial charge in [0.05, 0.1) is 38.5 Å². The van der Waals surface area contributed by atoms with Crippen LogP contribution in [0.4, 0.5) is 14.9 Å². The fraction of sp³-hybridized carbons (Fsp3) is 0.391. The second kappa shape index (κ2) is 9.45. The molecule has 2 fully saturated rings. The van der Waals surface area contributed by atoms with Crippen molar-refractivity contribution in [1.82, 2.24) is 9.80 Å². The monoisotopic (exact) mass is 427 g/mol. The molecule has 2 aliphatic heterocycles. The molecule has 0 saturated carbocycles. The minimum absolute atomic E-state index is 0.160. The summed E-state index contributed by atoms with van der Waals surface area (Å²) in [4.78, 5) is 30.8. The summed E-state index contributed by atoms with van der Waals surface area (Å²) < 4.78 is 23.9. The van der Waals surface area contributed by atoms with Gasteiger partial charge in [0.15, 0.2) is 0 Å². The Morgan fingerprint density at radius 2 is 1.81 bits per heavy atom. The van der Waals surface area contributed by atoms with E-state index in [-0.39, 0.29) is 12.6 Å². The van der Waals surface area contributed by atoms with Crippen LogP contribution in [0.5, 0.6) is 0 Å². The number of carbonyl (C=O) groups is 2. The zero-order chi connectivity index (χ0) is 21.8. The average molecular weight is 427 g/mol. The third kappa shape index (κ3) is 4.86. The number of anilines is 1. The van der Waals surface area contributed by atoms with Gasteiger partial charge >= 0.3 is 12.0 Å². The number of methoxy groups -OCH3 is 1.